The van der Waals surface area contributed by atoms with Gasteiger partial charge in [-0.2, -0.15) is 0 Å². The minimum Gasteiger partial charge on any atom is -0.493 e. The second kappa shape index (κ2) is 5.39. The lowest BCUT2D eigenvalue weighted by molar-refractivity contribution is 0.0691. The topological polar surface area (TPSA) is 46.5 Å². The first-order chi connectivity index (χ1) is 7.16. The molecule has 0 amide bonds. The van der Waals surface area contributed by atoms with Crippen LogP contribution < -0.4 is 4.74 Å². The monoisotopic (exact) mass is 208 g/mol. The summed E-state index contributed by atoms with van der Waals surface area (Å²) in [6.45, 7) is 4.41. The van der Waals surface area contributed by atoms with Crippen molar-refractivity contribution in [2.24, 2.45) is 0 Å². The molecule has 0 saturated heterocycles. The van der Waals surface area contributed by atoms with E-state index in [4.69, 9.17) is 9.84 Å². The van der Waals surface area contributed by atoms with Gasteiger partial charge in [0.25, 0.3) is 0 Å². The Morgan fingerprint density at radius 2 is 2.20 bits per heavy atom. The first kappa shape index (κ1) is 11.6. The molecule has 0 radical (unpaired) electrons. The van der Waals surface area contributed by atoms with Crippen LogP contribution in [0.5, 0.6) is 5.75 Å². The molecule has 0 unspecified atom stereocenters. The molecule has 15 heavy (non-hydrogen) atoms. The maximum absolute atomic E-state index is 11.0. The number of rotatable bonds is 5. The van der Waals surface area contributed by atoms with E-state index in [0.717, 1.165) is 18.4 Å². The van der Waals surface area contributed by atoms with Crippen molar-refractivity contribution in [3.05, 3.63) is 29.3 Å². The number of carbonyl (C=O) groups is 1. The van der Waals surface area contributed by atoms with Crippen molar-refractivity contribution in [2.75, 3.05) is 6.61 Å². The molecule has 0 bridgehead atoms. The van der Waals surface area contributed by atoms with Crippen LogP contribution in [0.25, 0.3) is 0 Å². The fourth-order valence-corrected chi connectivity index (χ4v) is 1.36. The second-order valence-electron chi connectivity index (χ2n) is 3.46. The van der Waals surface area contributed by atoms with E-state index in [1.807, 2.05) is 6.07 Å². The summed E-state index contributed by atoms with van der Waals surface area (Å²) in [5.74, 6) is -0.462. The predicted octanol–water partition coefficient (Wildman–Crippen LogP) is 2.87. The highest BCUT2D eigenvalue weighted by atomic mass is 16.5. The number of aromatic carboxylic acids is 1. The molecule has 1 N–H and O–H groups in total. The highest BCUT2D eigenvalue weighted by molar-refractivity contribution is 5.92. The third-order valence-electron chi connectivity index (χ3n) is 2.20. The number of aryl methyl sites for hydroxylation is 1. The zero-order valence-corrected chi connectivity index (χ0v) is 9.12. The number of carboxylic acids is 1. The van der Waals surface area contributed by atoms with Gasteiger partial charge in [-0.25, -0.2) is 4.79 Å². The molecule has 0 saturated carbocycles. The quantitative estimate of drug-likeness (QED) is 0.757. The van der Waals surface area contributed by atoms with Crippen LogP contribution in [-0.4, -0.2) is 17.7 Å². The van der Waals surface area contributed by atoms with Gasteiger partial charge in [0.15, 0.2) is 0 Å². The highest BCUT2D eigenvalue weighted by Gasteiger charge is 2.13. The summed E-state index contributed by atoms with van der Waals surface area (Å²) in [5.41, 5.74) is 1.00. The second-order valence-corrected chi connectivity index (χ2v) is 3.46. The normalized spacial score (nSPS) is 10.0. The number of ether oxygens (including phenoxy) is 1. The summed E-state index contributed by atoms with van der Waals surface area (Å²) in [4.78, 5) is 11.0. The molecular weight excluding hydrogens is 192 g/mol. The van der Waals surface area contributed by atoms with Crippen molar-refractivity contribution in [1.29, 1.82) is 0 Å². The van der Waals surface area contributed by atoms with E-state index in [1.54, 1.807) is 19.1 Å². The summed E-state index contributed by atoms with van der Waals surface area (Å²) < 4.78 is 5.44. The van der Waals surface area contributed by atoms with E-state index in [9.17, 15) is 4.79 Å². The summed E-state index contributed by atoms with van der Waals surface area (Å²) in [5, 5.41) is 9.02. The fraction of sp³-hybridized carbons (Fsp3) is 0.417. The molecule has 0 aromatic heterocycles. The van der Waals surface area contributed by atoms with Gasteiger partial charge in [-0.3, -0.25) is 0 Å². The van der Waals surface area contributed by atoms with Crippen LogP contribution in [-0.2, 0) is 0 Å². The van der Waals surface area contributed by atoms with Gasteiger partial charge in [0.1, 0.15) is 11.3 Å². The van der Waals surface area contributed by atoms with Gasteiger partial charge in [-0.15, -0.1) is 0 Å². The summed E-state index contributed by atoms with van der Waals surface area (Å²) in [6.07, 6.45) is 1.97. The Morgan fingerprint density at radius 1 is 1.47 bits per heavy atom. The Kier molecular flexibility index (Phi) is 4.16. The molecular formula is C12H16O3. The Morgan fingerprint density at radius 3 is 2.80 bits per heavy atom. The number of carboxylic acid groups (broad SMARTS) is 1. The molecule has 1 rings (SSSR count). The van der Waals surface area contributed by atoms with Crippen molar-refractivity contribution >= 4 is 5.97 Å². The molecule has 0 heterocycles. The van der Waals surface area contributed by atoms with Crippen LogP contribution in [0.1, 0.15) is 35.7 Å². The van der Waals surface area contributed by atoms with Crippen LogP contribution in [0.4, 0.5) is 0 Å². The number of hydrogen-bond acceptors (Lipinski definition) is 2. The van der Waals surface area contributed by atoms with Gasteiger partial charge < -0.3 is 9.84 Å². The molecule has 0 aliphatic carbocycles. The zero-order valence-electron chi connectivity index (χ0n) is 9.12. The third kappa shape index (κ3) is 2.98. The average molecular weight is 208 g/mol. The standard InChI is InChI=1S/C12H16O3/c1-3-4-8-15-10-7-5-6-9(2)11(10)12(13)14/h5-7H,3-4,8H2,1-2H3,(H,13,14). The molecule has 82 valence electrons. The first-order valence-corrected chi connectivity index (χ1v) is 5.12. The molecule has 3 nitrogen and oxygen atoms in total. The minimum absolute atomic E-state index is 0.272. The van der Waals surface area contributed by atoms with Gasteiger partial charge >= 0.3 is 5.97 Å². The van der Waals surface area contributed by atoms with Crippen LogP contribution in [0.2, 0.25) is 0 Å². The van der Waals surface area contributed by atoms with Crippen molar-refractivity contribution in [1.82, 2.24) is 0 Å². The van der Waals surface area contributed by atoms with E-state index in [0.29, 0.717) is 12.4 Å². The van der Waals surface area contributed by atoms with Crippen molar-refractivity contribution < 1.29 is 14.6 Å². The molecule has 0 spiro atoms. The van der Waals surface area contributed by atoms with Gasteiger partial charge in [-0.1, -0.05) is 25.5 Å². The van der Waals surface area contributed by atoms with E-state index in [-0.39, 0.29) is 5.56 Å². The maximum atomic E-state index is 11.0. The predicted molar refractivity (Wildman–Crippen MR) is 58.5 cm³/mol. The van der Waals surface area contributed by atoms with Crippen LogP contribution in [0.15, 0.2) is 18.2 Å². The lowest BCUT2D eigenvalue weighted by Gasteiger charge is -2.10. The number of unbranched alkanes of at least 4 members (excludes halogenated alkanes) is 1. The van der Waals surface area contributed by atoms with Gasteiger partial charge in [0.05, 0.1) is 6.61 Å². The number of benzene rings is 1. The van der Waals surface area contributed by atoms with E-state index in [2.05, 4.69) is 6.92 Å². The molecule has 1 aromatic carbocycles. The lowest BCUT2D eigenvalue weighted by atomic mass is 10.1. The zero-order chi connectivity index (χ0) is 11.3. The van der Waals surface area contributed by atoms with E-state index >= 15 is 0 Å². The Bertz CT molecular complexity index is 345. The lowest BCUT2D eigenvalue weighted by Crippen LogP contribution is -2.06. The summed E-state index contributed by atoms with van der Waals surface area (Å²) >= 11 is 0. The molecule has 0 aliphatic heterocycles. The summed E-state index contributed by atoms with van der Waals surface area (Å²) in [7, 11) is 0. The Balaban J connectivity index is 2.86. The molecule has 3 heteroatoms. The summed E-state index contributed by atoms with van der Waals surface area (Å²) in [6, 6.07) is 5.28. The molecule has 0 aliphatic rings. The molecule has 0 atom stereocenters. The van der Waals surface area contributed by atoms with Gasteiger partial charge in [0.2, 0.25) is 0 Å². The average Bonchev–Trinajstić information content (AvgIpc) is 2.17. The third-order valence-corrected chi connectivity index (χ3v) is 2.20. The van der Waals surface area contributed by atoms with Crippen molar-refractivity contribution in [2.45, 2.75) is 26.7 Å². The van der Waals surface area contributed by atoms with Crippen molar-refractivity contribution in [3.8, 4) is 5.75 Å². The van der Waals surface area contributed by atoms with Crippen LogP contribution >= 0.6 is 0 Å². The SMILES string of the molecule is CCCCOc1cccc(C)c1C(=O)O. The number of hydrogen-bond donors (Lipinski definition) is 1. The van der Waals surface area contributed by atoms with Gasteiger partial charge in [0, 0.05) is 0 Å². The van der Waals surface area contributed by atoms with E-state index < -0.39 is 5.97 Å². The Hall–Kier alpha value is -1.51. The van der Waals surface area contributed by atoms with E-state index in [1.165, 1.54) is 0 Å². The highest BCUT2D eigenvalue weighted by Crippen LogP contribution is 2.22. The van der Waals surface area contributed by atoms with Crippen molar-refractivity contribution in [3.63, 3.8) is 0 Å². The first-order valence-electron chi connectivity index (χ1n) is 5.12. The van der Waals surface area contributed by atoms with Gasteiger partial charge in [-0.05, 0) is 25.0 Å². The van der Waals surface area contributed by atoms with Crippen LogP contribution in [0.3, 0.4) is 0 Å². The molecule has 0 fully saturated rings. The maximum Gasteiger partial charge on any atom is 0.339 e. The fourth-order valence-electron chi connectivity index (χ4n) is 1.36. The molecule has 1 aromatic rings. The largest absolute Gasteiger partial charge is 0.493 e. The smallest absolute Gasteiger partial charge is 0.339 e. The van der Waals surface area contributed by atoms with Crippen LogP contribution in [0, 0.1) is 6.92 Å². The Labute approximate surface area is 89.7 Å². The minimum atomic E-state index is -0.931.